The van der Waals surface area contributed by atoms with Crippen molar-refractivity contribution >= 4 is 22.6 Å². The van der Waals surface area contributed by atoms with Crippen LogP contribution in [0.1, 0.15) is 0 Å². The number of nitrogens with one attached hydrogen (secondary N) is 1. The molecule has 1 N–H and O–H groups in total. The number of pyridine rings is 1. The fraction of sp³-hybridized carbons (Fsp3) is 0. The zero-order chi connectivity index (χ0) is 11.8. The lowest BCUT2D eigenvalue weighted by atomic mass is 10.1. The Hall–Kier alpha value is -1.87. The lowest BCUT2D eigenvalue weighted by Crippen LogP contribution is -1.82. The van der Waals surface area contributed by atoms with Gasteiger partial charge in [0.1, 0.15) is 11.5 Å². The van der Waals surface area contributed by atoms with Crippen LogP contribution in [-0.2, 0) is 0 Å². The van der Waals surface area contributed by atoms with Crippen LogP contribution in [-0.4, -0.2) is 9.97 Å². The lowest BCUT2D eigenvalue weighted by Gasteiger charge is -2.01. The average molecular weight is 247 g/mol. The molecule has 0 unspecified atom stereocenters. The zero-order valence-electron chi connectivity index (χ0n) is 8.74. The van der Waals surface area contributed by atoms with Gasteiger partial charge in [-0.3, -0.25) is 0 Å². The van der Waals surface area contributed by atoms with Crippen LogP contribution in [0.25, 0.3) is 22.2 Å². The third kappa shape index (κ3) is 1.68. The van der Waals surface area contributed by atoms with Gasteiger partial charge in [0, 0.05) is 28.9 Å². The van der Waals surface area contributed by atoms with Crippen molar-refractivity contribution < 1.29 is 4.39 Å². The van der Waals surface area contributed by atoms with Crippen LogP contribution in [0.3, 0.4) is 0 Å². The molecule has 3 aromatic rings. The van der Waals surface area contributed by atoms with Crippen molar-refractivity contribution in [3.8, 4) is 11.1 Å². The highest BCUT2D eigenvalue weighted by Gasteiger charge is 2.10. The van der Waals surface area contributed by atoms with E-state index in [0.717, 1.165) is 10.9 Å². The molecular formula is C13H8ClFN2. The van der Waals surface area contributed by atoms with E-state index in [9.17, 15) is 4.39 Å². The van der Waals surface area contributed by atoms with Crippen molar-refractivity contribution in [1.82, 2.24) is 9.97 Å². The first-order valence-corrected chi connectivity index (χ1v) is 5.51. The van der Waals surface area contributed by atoms with Gasteiger partial charge in [-0.1, -0.05) is 29.8 Å². The Bertz CT molecular complexity index is 691. The Balaban J connectivity index is 2.31. The summed E-state index contributed by atoms with van der Waals surface area (Å²) in [6.07, 6.45) is 3.30. The Morgan fingerprint density at radius 1 is 1.18 bits per heavy atom. The molecule has 0 fully saturated rings. The summed E-state index contributed by atoms with van der Waals surface area (Å²) in [5, 5.41) is 1.36. The number of H-pyrrole nitrogens is 1. The highest BCUT2D eigenvalue weighted by atomic mass is 35.5. The summed E-state index contributed by atoms with van der Waals surface area (Å²) < 4.78 is 13.7. The predicted molar refractivity (Wildman–Crippen MR) is 66.5 cm³/mol. The standard InChI is InChI=1S/C13H8ClFN2/c14-8-5-10-11(7-17-13(10)16-6-8)9-3-1-2-4-12(9)15/h1-7H,(H,16,17). The summed E-state index contributed by atoms with van der Waals surface area (Å²) in [5.74, 6) is -0.256. The number of hydrogen-bond donors (Lipinski definition) is 1. The minimum Gasteiger partial charge on any atom is -0.346 e. The minimum atomic E-state index is -0.256. The Kier molecular flexibility index (Phi) is 2.34. The first-order valence-electron chi connectivity index (χ1n) is 5.13. The summed E-state index contributed by atoms with van der Waals surface area (Å²) in [6.45, 7) is 0. The Morgan fingerprint density at radius 2 is 2.00 bits per heavy atom. The predicted octanol–water partition coefficient (Wildman–Crippen LogP) is 4.02. The maximum Gasteiger partial charge on any atom is 0.137 e. The van der Waals surface area contributed by atoms with Gasteiger partial charge in [-0.05, 0) is 12.1 Å². The summed E-state index contributed by atoms with van der Waals surface area (Å²) >= 11 is 5.90. The van der Waals surface area contributed by atoms with Crippen molar-refractivity contribution in [3.63, 3.8) is 0 Å². The van der Waals surface area contributed by atoms with Gasteiger partial charge in [0.05, 0.1) is 5.02 Å². The molecule has 84 valence electrons. The van der Waals surface area contributed by atoms with Gasteiger partial charge in [0.2, 0.25) is 0 Å². The van der Waals surface area contributed by atoms with Gasteiger partial charge in [-0.15, -0.1) is 0 Å². The van der Waals surface area contributed by atoms with Gasteiger partial charge in [0.15, 0.2) is 0 Å². The molecule has 4 heteroatoms. The Labute approximate surface area is 102 Å². The smallest absolute Gasteiger partial charge is 0.137 e. The molecule has 2 heterocycles. The molecule has 0 saturated carbocycles. The zero-order valence-corrected chi connectivity index (χ0v) is 9.50. The summed E-state index contributed by atoms with van der Waals surface area (Å²) in [4.78, 5) is 7.15. The first-order chi connectivity index (χ1) is 8.25. The molecule has 0 atom stereocenters. The third-order valence-electron chi connectivity index (χ3n) is 2.66. The van der Waals surface area contributed by atoms with Crippen molar-refractivity contribution in [2.75, 3.05) is 0 Å². The third-order valence-corrected chi connectivity index (χ3v) is 2.87. The molecule has 2 aromatic heterocycles. The largest absolute Gasteiger partial charge is 0.346 e. The van der Waals surface area contributed by atoms with E-state index in [1.165, 1.54) is 6.07 Å². The summed E-state index contributed by atoms with van der Waals surface area (Å²) in [7, 11) is 0. The molecule has 0 bridgehead atoms. The van der Waals surface area contributed by atoms with Crippen LogP contribution in [0.5, 0.6) is 0 Å². The van der Waals surface area contributed by atoms with Crippen molar-refractivity contribution in [3.05, 3.63) is 53.6 Å². The van der Waals surface area contributed by atoms with Crippen LogP contribution >= 0.6 is 11.6 Å². The monoisotopic (exact) mass is 246 g/mol. The summed E-state index contributed by atoms with van der Waals surface area (Å²) in [6, 6.07) is 8.42. The molecule has 17 heavy (non-hydrogen) atoms. The number of nitrogens with zero attached hydrogens (tertiary/aromatic N) is 1. The fourth-order valence-electron chi connectivity index (χ4n) is 1.88. The van der Waals surface area contributed by atoms with E-state index in [1.807, 2.05) is 0 Å². The maximum atomic E-state index is 13.7. The van der Waals surface area contributed by atoms with E-state index in [-0.39, 0.29) is 5.82 Å². The van der Waals surface area contributed by atoms with Gasteiger partial charge >= 0.3 is 0 Å². The van der Waals surface area contributed by atoms with Crippen LogP contribution in [0, 0.1) is 5.82 Å². The number of halogens is 2. The van der Waals surface area contributed by atoms with Gasteiger partial charge in [0.25, 0.3) is 0 Å². The van der Waals surface area contributed by atoms with Gasteiger partial charge < -0.3 is 4.98 Å². The average Bonchev–Trinajstić information content (AvgIpc) is 2.72. The quantitative estimate of drug-likeness (QED) is 0.690. The minimum absolute atomic E-state index is 0.256. The van der Waals surface area contributed by atoms with E-state index in [4.69, 9.17) is 11.6 Å². The van der Waals surface area contributed by atoms with Crippen LogP contribution < -0.4 is 0 Å². The number of benzene rings is 1. The molecule has 0 spiro atoms. The van der Waals surface area contributed by atoms with Gasteiger partial charge in [-0.2, -0.15) is 0 Å². The molecule has 1 aromatic carbocycles. The molecule has 0 aliphatic heterocycles. The lowest BCUT2D eigenvalue weighted by molar-refractivity contribution is 0.631. The van der Waals surface area contributed by atoms with Crippen molar-refractivity contribution in [1.29, 1.82) is 0 Å². The van der Waals surface area contributed by atoms with Crippen LogP contribution in [0.4, 0.5) is 4.39 Å². The normalized spacial score (nSPS) is 10.9. The second-order valence-corrected chi connectivity index (χ2v) is 4.17. The highest BCUT2D eigenvalue weighted by Crippen LogP contribution is 2.30. The SMILES string of the molecule is Fc1ccccc1-c1c[nH]c2ncc(Cl)cc12. The van der Waals surface area contributed by atoms with E-state index in [2.05, 4.69) is 9.97 Å². The van der Waals surface area contributed by atoms with E-state index in [1.54, 1.807) is 36.7 Å². The van der Waals surface area contributed by atoms with Crippen LogP contribution in [0.15, 0.2) is 42.7 Å². The molecule has 2 nitrogen and oxygen atoms in total. The first kappa shape index (κ1) is 10.3. The van der Waals surface area contributed by atoms with Gasteiger partial charge in [-0.25, -0.2) is 9.37 Å². The molecule has 0 saturated heterocycles. The topological polar surface area (TPSA) is 28.7 Å². The second kappa shape index (κ2) is 3.86. The summed E-state index contributed by atoms with van der Waals surface area (Å²) in [5.41, 5.74) is 2.02. The Morgan fingerprint density at radius 3 is 2.82 bits per heavy atom. The number of hydrogen-bond acceptors (Lipinski definition) is 1. The molecule has 0 radical (unpaired) electrons. The van der Waals surface area contributed by atoms with Crippen molar-refractivity contribution in [2.24, 2.45) is 0 Å². The van der Waals surface area contributed by atoms with Crippen molar-refractivity contribution in [2.45, 2.75) is 0 Å². The molecule has 3 rings (SSSR count). The number of aromatic nitrogens is 2. The van der Waals surface area contributed by atoms with E-state index < -0.39 is 0 Å². The molecule has 0 aliphatic carbocycles. The van der Waals surface area contributed by atoms with E-state index >= 15 is 0 Å². The number of aromatic amines is 1. The number of fused-ring (bicyclic) bond motifs is 1. The molecule has 0 aliphatic rings. The highest BCUT2D eigenvalue weighted by molar-refractivity contribution is 6.31. The van der Waals surface area contributed by atoms with Crippen LogP contribution in [0.2, 0.25) is 5.02 Å². The van der Waals surface area contributed by atoms with E-state index in [0.29, 0.717) is 16.2 Å². The fourth-order valence-corrected chi connectivity index (χ4v) is 2.04. The molecule has 0 amide bonds. The number of rotatable bonds is 1. The molecular weight excluding hydrogens is 239 g/mol. The second-order valence-electron chi connectivity index (χ2n) is 3.73. The maximum absolute atomic E-state index is 13.7.